The Hall–Kier alpha value is -2.24. The largest absolute Gasteiger partial charge is 0.300 e. The zero-order valence-electron chi connectivity index (χ0n) is 22.7. The van der Waals surface area contributed by atoms with Crippen LogP contribution in [0.4, 0.5) is 0 Å². The van der Waals surface area contributed by atoms with Crippen LogP contribution in [0.15, 0.2) is 66.7 Å². The van der Waals surface area contributed by atoms with Crippen molar-refractivity contribution in [1.82, 2.24) is 0 Å². The molecule has 0 aromatic heterocycles. The van der Waals surface area contributed by atoms with Crippen LogP contribution in [-0.4, -0.2) is 16.1 Å². The van der Waals surface area contributed by atoms with Gasteiger partial charge in [-0.1, -0.05) is 113 Å². The summed E-state index contributed by atoms with van der Waals surface area (Å²) in [5.74, 6) is 0.563. The predicted molar refractivity (Wildman–Crippen MR) is 159 cm³/mol. The van der Waals surface area contributed by atoms with Gasteiger partial charge in [-0.3, -0.25) is 4.79 Å². The van der Waals surface area contributed by atoms with E-state index in [1.807, 2.05) is 0 Å². The third-order valence-electron chi connectivity index (χ3n) is 9.70. The molecule has 1 aliphatic heterocycles. The summed E-state index contributed by atoms with van der Waals surface area (Å²) in [6.07, 6.45) is 14.4. The minimum atomic E-state index is -0.533. The number of benzene rings is 3. The lowest BCUT2D eigenvalue weighted by Gasteiger charge is -2.58. The van der Waals surface area contributed by atoms with E-state index in [0.29, 0.717) is 5.78 Å². The van der Waals surface area contributed by atoms with Crippen LogP contribution < -0.4 is 5.30 Å². The highest BCUT2D eigenvalue weighted by molar-refractivity contribution is 7.69. The lowest BCUT2D eigenvalue weighted by Crippen LogP contribution is -2.51. The maximum Gasteiger partial charge on any atom is 0.134 e. The van der Waals surface area contributed by atoms with Gasteiger partial charge in [0.2, 0.25) is 0 Å². The van der Waals surface area contributed by atoms with Crippen molar-refractivity contribution in [1.29, 1.82) is 0 Å². The molecule has 6 rings (SSSR count). The van der Waals surface area contributed by atoms with Gasteiger partial charge in [0.25, 0.3) is 0 Å². The van der Waals surface area contributed by atoms with Crippen molar-refractivity contribution in [2.45, 2.75) is 101 Å². The Morgan fingerprint density at radius 1 is 0.541 bits per heavy atom. The number of Topliss-reactive ketones (excluding diaryl/α,β-unsaturated/α-hetero) is 1. The first kappa shape index (κ1) is 25.1. The Balaban J connectivity index is 1.69. The zero-order chi connectivity index (χ0) is 25.5. The molecule has 3 aromatic carbocycles. The second-order valence-corrected chi connectivity index (χ2v) is 15.1. The molecule has 0 amide bonds. The zero-order valence-corrected chi connectivity index (χ0v) is 23.6. The van der Waals surface area contributed by atoms with Crippen LogP contribution in [0.1, 0.15) is 88.2 Å². The van der Waals surface area contributed by atoms with Crippen molar-refractivity contribution in [3.63, 3.8) is 0 Å². The monoisotopic (exact) mass is 508 g/mol. The fraction of sp³-hybridized carbons (Fsp3) is 0.457. The average molecular weight is 509 g/mol. The van der Waals surface area contributed by atoms with E-state index in [2.05, 4.69) is 80.6 Å². The van der Waals surface area contributed by atoms with Gasteiger partial charge in [0.05, 0.1) is 0 Å². The van der Waals surface area contributed by atoms with Crippen LogP contribution in [0.3, 0.4) is 0 Å². The van der Waals surface area contributed by atoms with Crippen LogP contribution in [0.5, 0.6) is 0 Å². The maximum absolute atomic E-state index is 13.6. The quantitative estimate of drug-likeness (QED) is 0.322. The molecule has 3 fully saturated rings. The van der Waals surface area contributed by atoms with Gasteiger partial charge < -0.3 is 0 Å². The maximum atomic E-state index is 13.6. The molecule has 0 radical (unpaired) electrons. The Labute approximate surface area is 224 Å². The van der Waals surface area contributed by atoms with Gasteiger partial charge in [-0.15, -0.1) is 0 Å². The number of aryl methyl sites for hydroxylation is 2. The van der Waals surface area contributed by atoms with E-state index in [1.165, 1.54) is 97.6 Å². The first-order valence-corrected chi connectivity index (χ1v) is 15.9. The molecular weight excluding hydrogens is 467 g/mol. The van der Waals surface area contributed by atoms with Crippen molar-refractivity contribution < 1.29 is 4.79 Å². The highest BCUT2D eigenvalue weighted by Gasteiger charge is 2.57. The Bertz CT molecular complexity index is 1200. The lowest BCUT2D eigenvalue weighted by atomic mass is 9.79. The molecule has 2 saturated carbocycles. The summed E-state index contributed by atoms with van der Waals surface area (Å²) >= 11 is 0. The molecule has 1 saturated heterocycles. The number of hydrogen-bond donors (Lipinski definition) is 0. The molecule has 3 aliphatic rings. The molecule has 1 heterocycles. The van der Waals surface area contributed by atoms with E-state index in [0.717, 1.165) is 12.8 Å². The molecule has 2 heteroatoms. The summed E-state index contributed by atoms with van der Waals surface area (Å²) in [7, 11) is -0.533. The van der Waals surface area contributed by atoms with Crippen LogP contribution in [0.2, 0.25) is 0 Å². The number of hydrogen-bond acceptors (Lipinski definition) is 1. The number of ketones is 1. The van der Waals surface area contributed by atoms with Crippen molar-refractivity contribution in [3.8, 4) is 22.3 Å². The molecule has 37 heavy (non-hydrogen) atoms. The number of rotatable bonds is 3. The van der Waals surface area contributed by atoms with Crippen molar-refractivity contribution in [3.05, 3.63) is 77.9 Å². The number of carbonyl (C=O) groups excluding carboxylic acids is 1. The molecule has 1 nitrogen and oxygen atoms in total. The summed E-state index contributed by atoms with van der Waals surface area (Å²) < 4.78 is 0. The normalized spacial score (nSPS) is 21.4. The topological polar surface area (TPSA) is 17.1 Å². The van der Waals surface area contributed by atoms with E-state index in [9.17, 15) is 4.79 Å². The van der Waals surface area contributed by atoms with Gasteiger partial charge in [-0.05, 0) is 78.2 Å². The summed E-state index contributed by atoms with van der Waals surface area (Å²) in [5.41, 5.74) is 8.34. The molecule has 2 aliphatic carbocycles. The SMILES string of the molecule is Cc1ccccc1-c1cccc(-c2ccccc2C)c1P1C2(CCCCC2)CC(=O)CC12CCCCC2. The summed E-state index contributed by atoms with van der Waals surface area (Å²) in [5, 5.41) is 1.95. The second-order valence-electron chi connectivity index (χ2n) is 12.1. The predicted octanol–water partition coefficient (Wildman–Crippen LogP) is 9.51. The molecule has 0 N–H and O–H groups in total. The Morgan fingerprint density at radius 3 is 1.38 bits per heavy atom. The molecule has 192 valence electrons. The first-order valence-electron chi connectivity index (χ1n) is 14.6. The molecule has 0 bridgehead atoms. The smallest absolute Gasteiger partial charge is 0.134 e. The van der Waals surface area contributed by atoms with E-state index < -0.39 is 7.92 Å². The molecule has 0 atom stereocenters. The van der Waals surface area contributed by atoms with E-state index in [1.54, 1.807) is 5.30 Å². The van der Waals surface area contributed by atoms with Gasteiger partial charge in [-0.2, -0.15) is 0 Å². The third-order valence-corrected chi connectivity index (χ3v) is 13.7. The van der Waals surface area contributed by atoms with Crippen molar-refractivity contribution in [2.24, 2.45) is 0 Å². The van der Waals surface area contributed by atoms with Crippen LogP contribution in [-0.2, 0) is 4.79 Å². The minimum absolute atomic E-state index is 0.163. The van der Waals surface area contributed by atoms with Gasteiger partial charge in [0, 0.05) is 23.2 Å². The standard InChI is InChI=1S/C35H41OP/c1-26-14-5-7-16-29(26)31-18-13-19-32(30-17-8-6-15-27(30)2)33(31)37-34(20-9-3-10-21-34)24-28(36)25-35(37)22-11-4-12-23-35/h5-8,13-19H,3-4,9-12,20-25H2,1-2H3. The Kier molecular flexibility index (Phi) is 6.87. The molecular formula is C35H41OP. The summed E-state index contributed by atoms with van der Waals surface area (Å²) in [6.45, 7) is 4.54. The molecule has 0 unspecified atom stereocenters. The van der Waals surface area contributed by atoms with Crippen molar-refractivity contribution in [2.75, 3.05) is 0 Å². The van der Waals surface area contributed by atoms with Crippen molar-refractivity contribution >= 4 is 19.0 Å². The fourth-order valence-corrected chi connectivity index (χ4v) is 13.1. The van der Waals surface area contributed by atoms with Gasteiger partial charge in [0.1, 0.15) is 5.78 Å². The fourth-order valence-electron chi connectivity index (χ4n) is 8.12. The van der Waals surface area contributed by atoms with E-state index in [4.69, 9.17) is 0 Å². The molecule has 2 spiro atoms. The summed E-state index contributed by atoms with van der Waals surface area (Å²) in [6, 6.07) is 25.1. The van der Waals surface area contributed by atoms with Crippen LogP contribution >= 0.6 is 7.92 Å². The average Bonchev–Trinajstić information content (AvgIpc) is 2.90. The van der Waals surface area contributed by atoms with E-state index >= 15 is 0 Å². The van der Waals surface area contributed by atoms with Gasteiger partial charge in [-0.25, -0.2) is 0 Å². The minimum Gasteiger partial charge on any atom is -0.300 e. The second kappa shape index (κ2) is 10.1. The van der Waals surface area contributed by atoms with Crippen LogP contribution in [0, 0.1) is 13.8 Å². The Morgan fingerprint density at radius 2 is 0.946 bits per heavy atom. The third kappa shape index (κ3) is 4.42. The van der Waals surface area contributed by atoms with Crippen LogP contribution in [0.25, 0.3) is 22.3 Å². The molecule has 3 aromatic rings. The number of carbonyl (C=O) groups is 1. The first-order chi connectivity index (χ1) is 18.0. The van der Waals surface area contributed by atoms with Gasteiger partial charge >= 0.3 is 0 Å². The lowest BCUT2D eigenvalue weighted by molar-refractivity contribution is -0.121. The van der Waals surface area contributed by atoms with E-state index in [-0.39, 0.29) is 10.3 Å². The summed E-state index contributed by atoms with van der Waals surface area (Å²) in [4.78, 5) is 13.6. The van der Waals surface area contributed by atoms with Gasteiger partial charge in [0.15, 0.2) is 0 Å². The highest BCUT2D eigenvalue weighted by atomic mass is 31.1. The highest BCUT2D eigenvalue weighted by Crippen LogP contribution is 2.73.